The Morgan fingerprint density at radius 3 is 2.52 bits per heavy atom. The van der Waals surface area contributed by atoms with E-state index in [0.717, 1.165) is 23.3 Å². The molecule has 0 bridgehead atoms. The third kappa shape index (κ3) is 4.54. The molecule has 0 atom stereocenters. The number of halogens is 4. The third-order valence-electron chi connectivity index (χ3n) is 3.65. The predicted octanol–water partition coefficient (Wildman–Crippen LogP) is 5.22. The van der Waals surface area contributed by atoms with Gasteiger partial charge in [-0.1, -0.05) is 41.9 Å². The largest absolute Gasteiger partial charge is 0.416 e. The molecule has 0 aliphatic rings. The molecule has 3 aromatic rings. The molecule has 0 aliphatic carbocycles. The lowest BCUT2D eigenvalue weighted by Gasteiger charge is -2.11. The Hall–Kier alpha value is -2.47. The molecule has 7 heteroatoms. The van der Waals surface area contributed by atoms with Gasteiger partial charge in [-0.15, -0.1) is 0 Å². The summed E-state index contributed by atoms with van der Waals surface area (Å²) >= 11 is 5.97. The first kappa shape index (κ1) is 17.4. The molecule has 2 aromatic carbocycles. The van der Waals surface area contributed by atoms with E-state index in [1.54, 1.807) is 10.9 Å². The molecule has 0 saturated heterocycles. The van der Waals surface area contributed by atoms with Crippen LogP contribution in [-0.2, 0) is 19.3 Å². The molecule has 1 aromatic heterocycles. The van der Waals surface area contributed by atoms with E-state index in [0.29, 0.717) is 13.1 Å². The second-order valence-corrected chi connectivity index (χ2v) is 5.98. The van der Waals surface area contributed by atoms with Crippen molar-refractivity contribution in [3.63, 3.8) is 0 Å². The van der Waals surface area contributed by atoms with Gasteiger partial charge in [0, 0.05) is 18.3 Å². The summed E-state index contributed by atoms with van der Waals surface area (Å²) in [5.74, 6) is 0. The number of alkyl halides is 3. The summed E-state index contributed by atoms with van der Waals surface area (Å²) < 4.78 is 40.1. The molecule has 0 spiro atoms. The van der Waals surface area contributed by atoms with Crippen LogP contribution in [0, 0.1) is 0 Å². The molecular weight excluding hydrogens is 351 g/mol. The van der Waals surface area contributed by atoms with Crippen LogP contribution in [0.25, 0.3) is 0 Å². The van der Waals surface area contributed by atoms with Gasteiger partial charge in [-0.3, -0.25) is 4.68 Å². The lowest BCUT2D eigenvalue weighted by atomic mass is 10.2. The van der Waals surface area contributed by atoms with E-state index < -0.39 is 11.7 Å². The highest BCUT2D eigenvalue weighted by molar-refractivity contribution is 6.33. The molecule has 0 radical (unpaired) electrons. The first-order chi connectivity index (χ1) is 11.9. The van der Waals surface area contributed by atoms with Crippen molar-refractivity contribution in [1.29, 1.82) is 0 Å². The number of aromatic nitrogens is 2. The molecule has 25 heavy (non-hydrogen) atoms. The van der Waals surface area contributed by atoms with Crippen molar-refractivity contribution in [2.45, 2.75) is 19.3 Å². The Kier molecular flexibility index (Phi) is 4.99. The van der Waals surface area contributed by atoms with E-state index in [4.69, 9.17) is 11.6 Å². The summed E-state index contributed by atoms with van der Waals surface area (Å²) in [6, 6.07) is 13.1. The van der Waals surface area contributed by atoms with E-state index in [1.807, 2.05) is 36.5 Å². The molecule has 0 unspecified atom stereocenters. The average molecular weight is 366 g/mol. The van der Waals surface area contributed by atoms with E-state index in [1.165, 1.54) is 6.07 Å². The Balaban J connectivity index is 1.66. The summed E-state index contributed by atoms with van der Waals surface area (Å²) in [7, 11) is 0. The molecule has 0 fully saturated rings. The maximum atomic E-state index is 12.8. The normalized spacial score (nSPS) is 11.5. The maximum Gasteiger partial charge on any atom is 0.416 e. The zero-order valence-electron chi connectivity index (χ0n) is 13.1. The van der Waals surface area contributed by atoms with Gasteiger partial charge in [-0.05, 0) is 23.8 Å². The maximum absolute atomic E-state index is 12.8. The van der Waals surface area contributed by atoms with E-state index >= 15 is 0 Å². The molecule has 130 valence electrons. The summed E-state index contributed by atoms with van der Waals surface area (Å²) in [4.78, 5) is 0. The van der Waals surface area contributed by atoms with Crippen molar-refractivity contribution in [3.05, 3.63) is 82.6 Å². The fourth-order valence-corrected chi connectivity index (χ4v) is 2.57. The number of benzene rings is 2. The number of nitrogens with one attached hydrogen (secondary N) is 1. The van der Waals surface area contributed by atoms with E-state index in [-0.39, 0.29) is 10.7 Å². The first-order valence-corrected chi connectivity index (χ1v) is 7.95. The summed E-state index contributed by atoms with van der Waals surface area (Å²) in [6.07, 6.45) is -0.874. The Bertz CT molecular complexity index is 844. The van der Waals surface area contributed by atoms with Gasteiger partial charge in [0.2, 0.25) is 0 Å². The standard InChI is InChI=1S/C18H15ClF3N3/c19-16-7-6-15(18(20,21)22)8-17(16)23-9-14-10-24-25(12-14)11-13-4-2-1-3-5-13/h1-8,10,12,23H,9,11H2. The van der Waals surface area contributed by atoms with Gasteiger partial charge in [0.15, 0.2) is 0 Å². The Morgan fingerprint density at radius 1 is 1.04 bits per heavy atom. The van der Waals surface area contributed by atoms with Crippen LogP contribution in [0.4, 0.5) is 18.9 Å². The lowest BCUT2D eigenvalue weighted by Crippen LogP contribution is -2.07. The number of hydrogen-bond donors (Lipinski definition) is 1. The number of rotatable bonds is 5. The van der Waals surface area contributed by atoms with Crippen molar-refractivity contribution < 1.29 is 13.2 Å². The van der Waals surface area contributed by atoms with Crippen LogP contribution in [0.3, 0.4) is 0 Å². The van der Waals surface area contributed by atoms with Crippen molar-refractivity contribution in [2.75, 3.05) is 5.32 Å². The monoisotopic (exact) mass is 365 g/mol. The highest BCUT2D eigenvalue weighted by Crippen LogP contribution is 2.33. The quantitative estimate of drug-likeness (QED) is 0.672. The van der Waals surface area contributed by atoms with E-state index in [2.05, 4.69) is 10.4 Å². The second kappa shape index (κ2) is 7.19. The minimum absolute atomic E-state index is 0.240. The van der Waals surface area contributed by atoms with Crippen LogP contribution in [0.5, 0.6) is 0 Å². The van der Waals surface area contributed by atoms with Gasteiger partial charge in [-0.25, -0.2) is 0 Å². The van der Waals surface area contributed by atoms with Gasteiger partial charge in [0.1, 0.15) is 0 Å². The Labute approximate surface area is 148 Å². The SMILES string of the molecule is FC(F)(F)c1ccc(Cl)c(NCc2cnn(Cc3ccccc3)c2)c1. The van der Waals surface area contributed by atoms with Crippen molar-refractivity contribution in [1.82, 2.24) is 9.78 Å². The third-order valence-corrected chi connectivity index (χ3v) is 3.98. The molecular formula is C18H15ClF3N3. The fourth-order valence-electron chi connectivity index (χ4n) is 2.39. The summed E-state index contributed by atoms with van der Waals surface area (Å²) in [6.45, 7) is 0.959. The van der Waals surface area contributed by atoms with Gasteiger partial charge in [0.05, 0.1) is 29.0 Å². The highest BCUT2D eigenvalue weighted by atomic mass is 35.5. The topological polar surface area (TPSA) is 29.9 Å². The summed E-state index contributed by atoms with van der Waals surface area (Å²) in [5.41, 5.74) is 1.47. The molecule has 1 N–H and O–H groups in total. The minimum atomic E-state index is -4.40. The van der Waals surface area contributed by atoms with Gasteiger partial charge < -0.3 is 5.32 Å². The van der Waals surface area contributed by atoms with Crippen LogP contribution in [0.1, 0.15) is 16.7 Å². The van der Waals surface area contributed by atoms with Crippen molar-refractivity contribution in [3.8, 4) is 0 Å². The van der Waals surface area contributed by atoms with Gasteiger partial charge in [-0.2, -0.15) is 18.3 Å². The predicted molar refractivity (Wildman–Crippen MR) is 91.6 cm³/mol. The highest BCUT2D eigenvalue weighted by Gasteiger charge is 2.30. The second-order valence-electron chi connectivity index (χ2n) is 5.58. The van der Waals surface area contributed by atoms with Gasteiger partial charge >= 0.3 is 6.18 Å². The first-order valence-electron chi connectivity index (χ1n) is 7.58. The van der Waals surface area contributed by atoms with Crippen molar-refractivity contribution in [2.24, 2.45) is 0 Å². The lowest BCUT2D eigenvalue weighted by molar-refractivity contribution is -0.137. The number of hydrogen-bond acceptors (Lipinski definition) is 2. The van der Waals surface area contributed by atoms with Crippen molar-refractivity contribution >= 4 is 17.3 Å². The Morgan fingerprint density at radius 2 is 1.80 bits per heavy atom. The van der Waals surface area contributed by atoms with E-state index in [9.17, 15) is 13.2 Å². The molecule has 3 nitrogen and oxygen atoms in total. The zero-order valence-corrected chi connectivity index (χ0v) is 13.8. The number of nitrogens with zero attached hydrogens (tertiary/aromatic N) is 2. The van der Waals surface area contributed by atoms with Crippen LogP contribution in [0.2, 0.25) is 5.02 Å². The summed E-state index contributed by atoms with van der Waals surface area (Å²) in [5, 5.41) is 7.44. The van der Waals surface area contributed by atoms with Crippen LogP contribution >= 0.6 is 11.6 Å². The molecule has 0 amide bonds. The fraction of sp³-hybridized carbons (Fsp3) is 0.167. The van der Waals surface area contributed by atoms with Crippen LogP contribution in [-0.4, -0.2) is 9.78 Å². The molecule has 1 heterocycles. The van der Waals surface area contributed by atoms with Gasteiger partial charge in [0.25, 0.3) is 0 Å². The zero-order chi connectivity index (χ0) is 17.9. The smallest absolute Gasteiger partial charge is 0.380 e. The van der Waals surface area contributed by atoms with Crippen LogP contribution in [0.15, 0.2) is 60.9 Å². The minimum Gasteiger partial charge on any atom is -0.380 e. The molecule has 0 saturated carbocycles. The molecule has 0 aliphatic heterocycles. The average Bonchev–Trinajstić information content (AvgIpc) is 3.01. The van der Waals surface area contributed by atoms with Crippen LogP contribution < -0.4 is 5.32 Å². The number of anilines is 1. The molecule has 3 rings (SSSR count).